The summed E-state index contributed by atoms with van der Waals surface area (Å²) in [5.41, 5.74) is 0.440. The third-order valence-corrected chi connectivity index (χ3v) is 7.08. The molecule has 132 valence electrons. The summed E-state index contributed by atoms with van der Waals surface area (Å²) in [7, 11) is -0.919. The van der Waals surface area contributed by atoms with Gasteiger partial charge in [-0.25, -0.2) is 0 Å². The highest BCUT2D eigenvalue weighted by atomic mass is 31.1. The molecule has 0 aliphatic heterocycles. The van der Waals surface area contributed by atoms with E-state index in [-0.39, 0.29) is 11.4 Å². The van der Waals surface area contributed by atoms with Crippen molar-refractivity contribution >= 4 is 24.3 Å². The Morgan fingerprint density at radius 2 is 1.23 bits per heavy atom. The SMILES string of the molecule is CC(O)CC(C(=O)c1ccccc1)P(c1ccccc1)c1ccccc1. The predicted molar refractivity (Wildman–Crippen MR) is 110 cm³/mol. The molecule has 0 spiro atoms. The molecule has 0 aromatic heterocycles. The first-order valence-electron chi connectivity index (χ1n) is 8.83. The van der Waals surface area contributed by atoms with Gasteiger partial charge in [0.1, 0.15) is 0 Å². The number of aliphatic hydroxyl groups is 1. The summed E-state index contributed by atoms with van der Waals surface area (Å²) < 4.78 is 0. The van der Waals surface area contributed by atoms with E-state index in [9.17, 15) is 9.90 Å². The second-order valence-corrected chi connectivity index (χ2v) is 8.77. The van der Waals surface area contributed by atoms with Gasteiger partial charge >= 0.3 is 0 Å². The van der Waals surface area contributed by atoms with Crippen LogP contribution in [0.2, 0.25) is 0 Å². The van der Waals surface area contributed by atoms with Crippen molar-refractivity contribution in [3.05, 3.63) is 96.6 Å². The van der Waals surface area contributed by atoms with Crippen molar-refractivity contribution < 1.29 is 9.90 Å². The molecular formula is C23H23O2P. The van der Waals surface area contributed by atoms with Crippen LogP contribution in [0.4, 0.5) is 0 Å². The van der Waals surface area contributed by atoms with Crippen molar-refractivity contribution in [1.29, 1.82) is 0 Å². The Kier molecular flexibility index (Phi) is 6.33. The van der Waals surface area contributed by atoms with E-state index in [1.807, 2.05) is 66.7 Å². The number of ketones is 1. The zero-order chi connectivity index (χ0) is 18.4. The lowest BCUT2D eigenvalue weighted by Gasteiger charge is -2.28. The van der Waals surface area contributed by atoms with Crippen LogP contribution in [0.15, 0.2) is 91.0 Å². The lowest BCUT2D eigenvalue weighted by atomic mass is 10.0. The first-order chi connectivity index (χ1) is 12.7. The number of aliphatic hydroxyl groups excluding tert-OH is 1. The van der Waals surface area contributed by atoms with Gasteiger partial charge in [0, 0.05) is 5.56 Å². The fraction of sp³-hybridized carbons (Fsp3) is 0.174. The maximum absolute atomic E-state index is 13.4. The molecule has 3 aromatic carbocycles. The highest BCUT2D eigenvalue weighted by Crippen LogP contribution is 2.43. The minimum absolute atomic E-state index is 0.102. The molecule has 2 nitrogen and oxygen atoms in total. The molecule has 1 N–H and O–H groups in total. The average molecular weight is 362 g/mol. The van der Waals surface area contributed by atoms with Crippen molar-refractivity contribution in [2.24, 2.45) is 0 Å². The first kappa shape index (κ1) is 18.5. The van der Waals surface area contributed by atoms with Gasteiger partial charge in [-0.3, -0.25) is 4.79 Å². The van der Waals surface area contributed by atoms with Crippen molar-refractivity contribution in [2.45, 2.75) is 25.1 Å². The summed E-state index contributed by atoms with van der Waals surface area (Å²) in [5.74, 6) is 0.102. The van der Waals surface area contributed by atoms with Gasteiger partial charge in [-0.15, -0.1) is 0 Å². The Morgan fingerprint density at radius 1 is 0.808 bits per heavy atom. The van der Waals surface area contributed by atoms with Crippen LogP contribution in [0.1, 0.15) is 23.7 Å². The Labute approximate surface area is 156 Å². The van der Waals surface area contributed by atoms with Crippen LogP contribution >= 0.6 is 7.92 Å². The van der Waals surface area contributed by atoms with E-state index < -0.39 is 14.0 Å². The van der Waals surface area contributed by atoms with E-state index in [1.54, 1.807) is 6.92 Å². The fourth-order valence-corrected chi connectivity index (χ4v) is 6.04. The minimum Gasteiger partial charge on any atom is -0.393 e. The molecule has 2 unspecified atom stereocenters. The van der Waals surface area contributed by atoms with Gasteiger partial charge in [0.2, 0.25) is 0 Å². The maximum atomic E-state index is 13.4. The van der Waals surface area contributed by atoms with Gasteiger partial charge in [-0.2, -0.15) is 0 Å². The lowest BCUT2D eigenvalue weighted by molar-refractivity contribution is 0.0957. The van der Waals surface area contributed by atoms with Crippen LogP contribution in [0.5, 0.6) is 0 Å². The van der Waals surface area contributed by atoms with Crippen LogP contribution in [0.25, 0.3) is 0 Å². The highest BCUT2D eigenvalue weighted by molar-refractivity contribution is 7.74. The van der Waals surface area contributed by atoms with Crippen LogP contribution < -0.4 is 10.6 Å². The summed E-state index contributed by atoms with van der Waals surface area (Å²) in [4.78, 5) is 13.4. The largest absolute Gasteiger partial charge is 0.393 e. The number of benzene rings is 3. The zero-order valence-corrected chi connectivity index (χ0v) is 15.7. The number of carbonyl (C=O) groups excluding carboxylic acids is 1. The average Bonchev–Trinajstić information content (AvgIpc) is 2.69. The summed E-state index contributed by atoms with van der Waals surface area (Å²) in [6.45, 7) is 1.76. The van der Waals surface area contributed by atoms with E-state index in [1.165, 1.54) is 0 Å². The summed E-state index contributed by atoms with van der Waals surface area (Å²) in [6.07, 6.45) is -0.0893. The van der Waals surface area contributed by atoms with Gasteiger partial charge in [0.05, 0.1) is 11.8 Å². The first-order valence-corrected chi connectivity index (χ1v) is 10.2. The third kappa shape index (κ3) is 4.46. The fourth-order valence-electron chi connectivity index (χ4n) is 3.13. The Hall–Kier alpha value is -2.28. The van der Waals surface area contributed by atoms with Gasteiger partial charge in [-0.1, -0.05) is 91.0 Å². The molecule has 3 heteroatoms. The quantitative estimate of drug-likeness (QED) is 0.507. The molecule has 0 heterocycles. The summed E-state index contributed by atoms with van der Waals surface area (Å²) in [5, 5.41) is 12.4. The van der Waals surface area contributed by atoms with Crippen molar-refractivity contribution in [3.63, 3.8) is 0 Å². The standard InChI is InChI=1S/C23H23O2P/c1-18(24)17-22(23(25)19-11-5-2-6-12-19)26(20-13-7-3-8-14-20)21-15-9-4-10-16-21/h2-16,18,22,24H,17H2,1H3. The summed E-state index contributed by atoms with van der Waals surface area (Å²) >= 11 is 0. The third-order valence-electron chi connectivity index (χ3n) is 4.31. The van der Waals surface area contributed by atoms with Crippen molar-refractivity contribution in [2.75, 3.05) is 0 Å². The summed E-state index contributed by atoms with van der Waals surface area (Å²) in [6, 6.07) is 29.8. The molecule has 0 saturated heterocycles. The Bertz CT molecular complexity index is 777. The van der Waals surface area contributed by atoms with Gasteiger partial charge < -0.3 is 5.11 Å². The number of Topliss-reactive ketones (excluding diaryl/α,β-unsaturated/α-hetero) is 1. The molecule has 0 aliphatic carbocycles. The normalized spacial score (nSPS) is 13.3. The smallest absolute Gasteiger partial charge is 0.170 e. The van der Waals surface area contributed by atoms with Gasteiger partial charge in [0.15, 0.2) is 5.78 Å². The molecule has 26 heavy (non-hydrogen) atoms. The molecule has 0 aliphatic rings. The van der Waals surface area contributed by atoms with Crippen LogP contribution in [-0.2, 0) is 0 Å². The van der Waals surface area contributed by atoms with E-state index in [0.717, 1.165) is 10.6 Å². The highest BCUT2D eigenvalue weighted by Gasteiger charge is 2.32. The lowest BCUT2D eigenvalue weighted by Crippen LogP contribution is -2.31. The molecule has 0 amide bonds. The molecule has 0 radical (unpaired) electrons. The Morgan fingerprint density at radius 3 is 1.65 bits per heavy atom. The van der Waals surface area contributed by atoms with E-state index in [0.29, 0.717) is 12.0 Å². The zero-order valence-electron chi connectivity index (χ0n) is 14.8. The van der Waals surface area contributed by atoms with Crippen molar-refractivity contribution in [1.82, 2.24) is 0 Å². The van der Waals surface area contributed by atoms with E-state index in [4.69, 9.17) is 0 Å². The predicted octanol–water partition coefficient (Wildman–Crippen LogP) is 4.14. The van der Waals surface area contributed by atoms with Gasteiger partial charge in [-0.05, 0) is 31.9 Å². The number of hydrogen-bond donors (Lipinski definition) is 1. The minimum atomic E-state index is -0.919. The molecule has 0 bridgehead atoms. The monoisotopic (exact) mass is 362 g/mol. The maximum Gasteiger partial charge on any atom is 0.170 e. The van der Waals surface area contributed by atoms with Crippen LogP contribution in [-0.4, -0.2) is 22.7 Å². The van der Waals surface area contributed by atoms with E-state index >= 15 is 0 Å². The van der Waals surface area contributed by atoms with Gasteiger partial charge in [0.25, 0.3) is 0 Å². The molecule has 3 aromatic rings. The van der Waals surface area contributed by atoms with Crippen LogP contribution in [0, 0.1) is 0 Å². The van der Waals surface area contributed by atoms with Crippen LogP contribution in [0.3, 0.4) is 0 Å². The molecule has 0 saturated carbocycles. The number of hydrogen-bond acceptors (Lipinski definition) is 2. The van der Waals surface area contributed by atoms with E-state index in [2.05, 4.69) is 24.3 Å². The number of rotatable bonds is 7. The second kappa shape index (κ2) is 8.89. The second-order valence-electron chi connectivity index (χ2n) is 6.37. The van der Waals surface area contributed by atoms with Crippen molar-refractivity contribution in [3.8, 4) is 0 Å². The molecule has 3 rings (SSSR count). The molecule has 0 fully saturated rings. The topological polar surface area (TPSA) is 37.3 Å². The molecule has 2 atom stereocenters. The Balaban J connectivity index is 2.08. The molecular weight excluding hydrogens is 339 g/mol. The number of carbonyl (C=O) groups is 1.